The van der Waals surface area contributed by atoms with E-state index in [1.54, 1.807) is 17.4 Å². The van der Waals surface area contributed by atoms with Crippen molar-refractivity contribution in [1.29, 1.82) is 0 Å². The Balaban J connectivity index is 1.95. The van der Waals surface area contributed by atoms with E-state index in [9.17, 15) is 10.1 Å². The number of thiophene rings is 1. The number of nitro groups is 1. The number of thiazole rings is 1. The monoisotopic (exact) mass is 288 g/mol. The topological polar surface area (TPSA) is 56.0 Å². The number of hydrogen-bond donors (Lipinski definition) is 0. The van der Waals surface area contributed by atoms with Gasteiger partial charge in [0.15, 0.2) is 0 Å². The Kier molecular flexibility index (Phi) is 3.10. The first-order chi connectivity index (χ1) is 9.22. The summed E-state index contributed by atoms with van der Waals surface area (Å²) in [6.45, 7) is 0. The largest absolute Gasteiger partial charge is 0.271 e. The fraction of sp³-hybridized carbons (Fsp3) is 0. The molecular formula is C13H8N2O2S2. The third-order valence-electron chi connectivity index (χ3n) is 2.53. The fourth-order valence-electron chi connectivity index (χ4n) is 1.66. The number of non-ortho nitro benzene ring substituents is 1. The lowest BCUT2D eigenvalue weighted by Crippen LogP contribution is -1.86. The molecule has 0 unspecified atom stereocenters. The number of aromatic nitrogens is 1. The molecule has 0 N–H and O–H groups in total. The third kappa shape index (κ3) is 2.54. The molecule has 0 fully saturated rings. The third-order valence-corrected chi connectivity index (χ3v) is 4.37. The van der Waals surface area contributed by atoms with Gasteiger partial charge in [-0.1, -0.05) is 6.07 Å². The Bertz CT molecular complexity index is 760. The molecule has 3 aromatic rings. The van der Waals surface area contributed by atoms with Gasteiger partial charge in [-0.05, 0) is 29.7 Å². The van der Waals surface area contributed by atoms with Crippen LogP contribution in [0.2, 0.25) is 0 Å². The molecule has 0 atom stereocenters. The van der Waals surface area contributed by atoms with Gasteiger partial charge in [-0.3, -0.25) is 10.1 Å². The first-order valence-corrected chi connectivity index (χ1v) is 7.18. The van der Waals surface area contributed by atoms with Crippen LogP contribution in [0.15, 0.2) is 35.7 Å². The highest BCUT2D eigenvalue weighted by Gasteiger charge is 2.09. The molecule has 19 heavy (non-hydrogen) atoms. The van der Waals surface area contributed by atoms with E-state index in [4.69, 9.17) is 0 Å². The molecule has 0 aliphatic carbocycles. The molecule has 0 radical (unpaired) electrons. The molecule has 0 aliphatic rings. The van der Waals surface area contributed by atoms with Crippen molar-refractivity contribution < 1.29 is 4.92 Å². The highest BCUT2D eigenvalue weighted by molar-refractivity contribution is 7.19. The number of nitro benzene ring substituents is 1. The Morgan fingerprint density at radius 2 is 2.16 bits per heavy atom. The first kappa shape index (κ1) is 12.0. The van der Waals surface area contributed by atoms with Gasteiger partial charge in [0.2, 0.25) is 0 Å². The van der Waals surface area contributed by atoms with Gasteiger partial charge in [0.25, 0.3) is 5.69 Å². The second-order valence-corrected chi connectivity index (χ2v) is 5.85. The van der Waals surface area contributed by atoms with Crippen LogP contribution in [-0.2, 0) is 0 Å². The van der Waals surface area contributed by atoms with E-state index in [0.29, 0.717) is 5.52 Å². The molecule has 0 bridgehead atoms. The van der Waals surface area contributed by atoms with Gasteiger partial charge in [-0.15, -0.1) is 22.7 Å². The second kappa shape index (κ2) is 4.91. The van der Waals surface area contributed by atoms with Gasteiger partial charge < -0.3 is 0 Å². The van der Waals surface area contributed by atoms with Crippen LogP contribution < -0.4 is 0 Å². The lowest BCUT2D eigenvalue weighted by atomic mass is 10.3. The maximum absolute atomic E-state index is 10.7. The molecule has 4 nitrogen and oxygen atoms in total. The van der Waals surface area contributed by atoms with E-state index in [0.717, 1.165) is 14.6 Å². The number of nitrogens with zero attached hydrogens (tertiary/aromatic N) is 2. The lowest BCUT2D eigenvalue weighted by Gasteiger charge is -1.89. The molecule has 0 saturated carbocycles. The Labute approximate surface area is 116 Å². The molecule has 0 amide bonds. The summed E-state index contributed by atoms with van der Waals surface area (Å²) < 4.78 is 0.955. The van der Waals surface area contributed by atoms with Gasteiger partial charge in [-0.25, -0.2) is 4.98 Å². The van der Waals surface area contributed by atoms with Crippen LogP contribution in [0.4, 0.5) is 5.69 Å². The van der Waals surface area contributed by atoms with Crippen LogP contribution >= 0.6 is 22.7 Å². The van der Waals surface area contributed by atoms with E-state index in [1.807, 2.05) is 29.7 Å². The quantitative estimate of drug-likeness (QED) is 0.529. The average Bonchev–Trinajstić information content (AvgIpc) is 3.04. The zero-order valence-electron chi connectivity index (χ0n) is 9.65. The molecule has 0 aliphatic heterocycles. The first-order valence-electron chi connectivity index (χ1n) is 5.49. The van der Waals surface area contributed by atoms with Crippen LogP contribution in [0.5, 0.6) is 0 Å². The summed E-state index contributed by atoms with van der Waals surface area (Å²) >= 11 is 3.18. The number of fused-ring (bicyclic) bond motifs is 1. The Morgan fingerprint density at radius 3 is 2.89 bits per heavy atom. The van der Waals surface area contributed by atoms with Crippen molar-refractivity contribution >= 4 is 50.7 Å². The minimum atomic E-state index is -0.403. The zero-order valence-corrected chi connectivity index (χ0v) is 11.3. The molecule has 1 aromatic carbocycles. The number of rotatable bonds is 3. The smallest absolute Gasteiger partial charge is 0.258 e. The van der Waals surface area contributed by atoms with E-state index >= 15 is 0 Å². The van der Waals surface area contributed by atoms with Crippen molar-refractivity contribution in [2.45, 2.75) is 0 Å². The summed E-state index contributed by atoms with van der Waals surface area (Å²) in [6.07, 6.45) is 3.93. The summed E-state index contributed by atoms with van der Waals surface area (Å²) in [5.74, 6) is 0. The molecule has 6 heteroatoms. The van der Waals surface area contributed by atoms with Crippen molar-refractivity contribution in [3.8, 4) is 0 Å². The average molecular weight is 288 g/mol. The molecule has 3 rings (SSSR count). The van der Waals surface area contributed by atoms with Gasteiger partial charge in [0.05, 0.1) is 15.1 Å². The van der Waals surface area contributed by atoms with Gasteiger partial charge in [0, 0.05) is 17.0 Å². The predicted molar refractivity (Wildman–Crippen MR) is 79.5 cm³/mol. The SMILES string of the molecule is O=[N+]([O-])c1ccc2sc(C=Cc3cccs3)nc2c1. The van der Waals surface area contributed by atoms with Crippen molar-refractivity contribution in [3.05, 3.63) is 55.7 Å². The second-order valence-electron chi connectivity index (χ2n) is 3.81. The van der Waals surface area contributed by atoms with E-state index in [1.165, 1.54) is 23.5 Å². The summed E-state index contributed by atoms with van der Waals surface area (Å²) in [6, 6.07) is 8.78. The van der Waals surface area contributed by atoms with Gasteiger partial charge >= 0.3 is 0 Å². The normalized spacial score (nSPS) is 11.4. The molecule has 94 valence electrons. The minimum absolute atomic E-state index is 0.0755. The lowest BCUT2D eigenvalue weighted by molar-refractivity contribution is -0.384. The summed E-state index contributed by atoms with van der Waals surface area (Å²) in [7, 11) is 0. The summed E-state index contributed by atoms with van der Waals surface area (Å²) in [5.41, 5.74) is 0.747. The Hall–Kier alpha value is -2.05. The van der Waals surface area contributed by atoms with Crippen LogP contribution in [0.1, 0.15) is 9.88 Å². The molecule has 0 saturated heterocycles. The summed E-state index contributed by atoms with van der Waals surface area (Å²) in [5, 5.41) is 13.6. The maximum atomic E-state index is 10.7. The highest BCUT2D eigenvalue weighted by Crippen LogP contribution is 2.27. The van der Waals surface area contributed by atoms with Crippen molar-refractivity contribution in [1.82, 2.24) is 4.98 Å². The zero-order chi connectivity index (χ0) is 13.2. The molecule has 0 spiro atoms. The predicted octanol–water partition coefficient (Wildman–Crippen LogP) is 4.44. The van der Waals surface area contributed by atoms with Gasteiger partial charge in [0.1, 0.15) is 5.01 Å². The highest BCUT2D eigenvalue weighted by atomic mass is 32.1. The van der Waals surface area contributed by atoms with E-state index in [2.05, 4.69) is 4.98 Å². The Morgan fingerprint density at radius 1 is 1.26 bits per heavy atom. The number of hydrogen-bond acceptors (Lipinski definition) is 5. The van der Waals surface area contributed by atoms with Crippen molar-refractivity contribution in [3.63, 3.8) is 0 Å². The van der Waals surface area contributed by atoms with E-state index < -0.39 is 4.92 Å². The standard InChI is InChI=1S/C13H8N2O2S2/c16-15(17)9-3-5-12-11(8-9)14-13(19-12)6-4-10-2-1-7-18-10/h1-8H. The van der Waals surface area contributed by atoms with Crippen LogP contribution in [-0.4, -0.2) is 9.91 Å². The van der Waals surface area contributed by atoms with Gasteiger partial charge in [-0.2, -0.15) is 0 Å². The maximum Gasteiger partial charge on any atom is 0.271 e. The van der Waals surface area contributed by atoms with Crippen LogP contribution in [0.25, 0.3) is 22.4 Å². The van der Waals surface area contributed by atoms with Crippen molar-refractivity contribution in [2.75, 3.05) is 0 Å². The number of benzene rings is 1. The van der Waals surface area contributed by atoms with Crippen LogP contribution in [0.3, 0.4) is 0 Å². The fourth-order valence-corrected chi connectivity index (χ4v) is 3.13. The van der Waals surface area contributed by atoms with E-state index in [-0.39, 0.29) is 5.69 Å². The molecule has 2 heterocycles. The molecular weight excluding hydrogens is 280 g/mol. The van der Waals surface area contributed by atoms with Crippen LogP contribution in [0, 0.1) is 10.1 Å². The summed E-state index contributed by atoms with van der Waals surface area (Å²) in [4.78, 5) is 15.8. The molecule has 2 aromatic heterocycles. The minimum Gasteiger partial charge on any atom is -0.258 e. The van der Waals surface area contributed by atoms with Crippen molar-refractivity contribution in [2.24, 2.45) is 0 Å².